The molecular weight excluding hydrogens is 230 g/mol. The minimum atomic E-state index is -0.661. The number of hydrogen-bond acceptors (Lipinski definition) is 4. The van der Waals surface area contributed by atoms with Gasteiger partial charge < -0.3 is 14.8 Å². The van der Waals surface area contributed by atoms with Gasteiger partial charge in [0, 0.05) is 13.1 Å². The summed E-state index contributed by atoms with van der Waals surface area (Å²) in [6.45, 7) is 5.46. The highest BCUT2D eigenvalue weighted by Gasteiger charge is 2.31. The first-order valence-corrected chi connectivity index (χ1v) is 6.10. The predicted octanol–water partition coefficient (Wildman–Crippen LogP) is 1.49. The van der Waals surface area contributed by atoms with Crippen LogP contribution in [0.4, 0.5) is 0 Å². The van der Waals surface area contributed by atoms with Crippen molar-refractivity contribution in [3.8, 4) is 5.75 Å². The van der Waals surface area contributed by atoms with Crippen LogP contribution in [-0.2, 0) is 14.9 Å². The summed E-state index contributed by atoms with van der Waals surface area (Å²) in [5.41, 5.74) is 0.241. The van der Waals surface area contributed by atoms with E-state index in [0.29, 0.717) is 0 Å². The van der Waals surface area contributed by atoms with Crippen molar-refractivity contribution in [1.29, 1.82) is 0 Å². The number of carbonyl (C=O) groups excluding carboxylic acids is 1. The average molecular weight is 249 g/mol. The highest BCUT2D eigenvalue weighted by atomic mass is 16.5. The summed E-state index contributed by atoms with van der Waals surface area (Å²) >= 11 is 0. The van der Waals surface area contributed by atoms with Gasteiger partial charge in [-0.05, 0) is 31.5 Å². The molecular formula is C14H19NO3. The molecule has 0 saturated carbocycles. The van der Waals surface area contributed by atoms with Gasteiger partial charge in [-0.1, -0.05) is 12.1 Å². The second-order valence-corrected chi connectivity index (χ2v) is 5.04. The smallest absolute Gasteiger partial charge is 0.315 e. The van der Waals surface area contributed by atoms with E-state index in [4.69, 9.17) is 9.47 Å². The van der Waals surface area contributed by atoms with Crippen LogP contribution >= 0.6 is 0 Å². The Hall–Kier alpha value is -1.55. The topological polar surface area (TPSA) is 47.6 Å². The van der Waals surface area contributed by atoms with E-state index >= 15 is 0 Å². The number of ether oxygens (including phenoxy) is 2. The zero-order chi connectivity index (χ0) is 13.2. The van der Waals surface area contributed by atoms with Crippen LogP contribution in [0.5, 0.6) is 5.75 Å². The van der Waals surface area contributed by atoms with E-state index in [9.17, 15) is 4.79 Å². The van der Waals surface area contributed by atoms with Gasteiger partial charge in [-0.2, -0.15) is 0 Å². The second kappa shape index (κ2) is 4.98. The number of hydrogen-bond donors (Lipinski definition) is 1. The van der Waals surface area contributed by atoms with E-state index in [2.05, 4.69) is 5.32 Å². The lowest BCUT2D eigenvalue weighted by molar-refractivity contribution is -0.146. The third kappa shape index (κ3) is 2.48. The lowest BCUT2D eigenvalue weighted by Crippen LogP contribution is -2.50. The second-order valence-electron chi connectivity index (χ2n) is 5.04. The molecule has 2 rings (SSSR count). The molecule has 0 unspecified atom stereocenters. The fourth-order valence-electron chi connectivity index (χ4n) is 1.87. The van der Waals surface area contributed by atoms with E-state index in [1.54, 1.807) is 0 Å². The molecule has 1 aromatic rings. The largest absolute Gasteiger partial charge is 0.488 e. The summed E-state index contributed by atoms with van der Waals surface area (Å²) in [6.07, 6.45) is 0.237. The minimum Gasteiger partial charge on any atom is -0.488 e. The molecule has 0 aliphatic carbocycles. The summed E-state index contributed by atoms with van der Waals surface area (Å²) in [7, 11) is 1.41. The predicted molar refractivity (Wildman–Crippen MR) is 68.8 cm³/mol. The summed E-state index contributed by atoms with van der Waals surface area (Å²) < 4.78 is 10.6. The molecule has 0 bridgehead atoms. The molecule has 0 aromatic heterocycles. The number of carbonyl (C=O) groups is 1. The molecule has 0 amide bonds. The highest BCUT2D eigenvalue weighted by Crippen LogP contribution is 2.28. The summed E-state index contributed by atoms with van der Waals surface area (Å²) in [5.74, 6) is 0.556. The summed E-state index contributed by atoms with van der Waals surface area (Å²) in [4.78, 5) is 11.8. The quantitative estimate of drug-likeness (QED) is 0.821. The third-order valence-electron chi connectivity index (χ3n) is 3.30. The Morgan fingerprint density at radius 3 is 2.67 bits per heavy atom. The first kappa shape index (κ1) is 12.9. The van der Waals surface area contributed by atoms with E-state index in [-0.39, 0.29) is 12.1 Å². The van der Waals surface area contributed by atoms with Crippen molar-refractivity contribution < 1.29 is 14.3 Å². The van der Waals surface area contributed by atoms with Crippen molar-refractivity contribution >= 4 is 5.97 Å². The number of benzene rings is 1. The van der Waals surface area contributed by atoms with Crippen LogP contribution in [-0.4, -0.2) is 32.3 Å². The Morgan fingerprint density at radius 1 is 1.39 bits per heavy atom. The van der Waals surface area contributed by atoms with Crippen molar-refractivity contribution in [2.45, 2.75) is 25.4 Å². The molecule has 4 heteroatoms. The SMILES string of the molecule is COC(=O)C(C)(C)c1cccc(OC2CNC2)c1. The summed E-state index contributed by atoms with van der Waals surface area (Å²) in [5, 5.41) is 3.15. The maximum absolute atomic E-state index is 11.8. The van der Waals surface area contributed by atoms with E-state index in [0.717, 1.165) is 24.4 Å². The molecule has 1 aromatic carbocycles. The van der Waals surface area contributed by atoms with Crippen LogP contribution in [0, 0.1) is 0 Å². The van der Waals surface area contributed by atoms with Gasteiger partial charge in [-0.25, -0.2) is 0 Å². The van der Waals surface area contributed by atoms with Crippen molar-refractivity contribution in [2.75, 3.05) is 20.2 Å². The Morgan fingerprint density at radius 2 is 2.11 bits per heavy atom. The van der Waals surface area contributed by atoms with E-state index in [1.807, 2.05) is 38.1 Å². The maximum atomic E-state index is 11.8. The Kier molecular flexibility index (Phi) is 3.57. The number of nitrogens with one attached hydrogen (secondary N) is 1. The van der Waals surface area contributed by atoms with Crippen LogP contribution in [0.25, 0.3) is 0 Å². The molecule has 1 aliphatic heterocycles. The molecule has 18 heavy (non-hydrogen) atoms. The monoisotopic (exact) mass is 249 g/mol. The van der Waals surface area contributed by atoms with Gasteiger partial charge in [0.1, 0.15) is 11.9 Å². The Bertz CT molecular complexity index is 438. The number of esters is 1. The maximum Gasteiger partial charge on any atom is 0.315 e. The molecule has 1 aliphatic rings. The first-order chi connectivity index (χ1) is 8.54. The van der Waals surface area contributed by atoms with E-state index < -0.39 is 5.41 Å². The fraction of sp³-hybridized carbons (Fsp3) is 0.500. The van der Waals surface area contributed by atoms with Gasteiger partial charge in [0.05, 0.1) is 12.5 Å². The van der Waals surface area contributed by atoms with Crippen LogP contribution in [0.3, 0.4) is 0 Å². The van der Waals surface area contributed by atoms with Gasteiger partial charge >= 0.3 is 5.97 Å². The van der Waals surface area contributed by atoms with Crippen LogP contribution in [0.2, 0.25) is 0 Å². The number of rotatable bonds is 4. The molecule has 0 radical (unpaired) electrons. The van der Waals surface area contributed by atoms with Gasteiger partial charge in [0.2, 0.25) is 0 Å². The van der Waals surface area contributed by atoms with Crippen molar-refractivity contribution in [2.24, 2.45) is 0 Å². The van der Waals surface area contributed by atoms with Gasteiger partial charge in [0.15, 0.2) is 0 Å². The normalized spacial score (nSPS) is 15.9. The molecule has 1 heterocycles. The molecule has 0 spiro atoms. The van der Waals surface area contributed by atoms with Crippen LogP contribution in [0.1, 0.15) is 19.4 Å². The zero-order valence-corrected chi connectivity index (χ0v) is 11.0. The molecule has 1 N–H and O–H groups in total. The standard InChI is InChI=1S/C14H19NO3/c1-14(2,13(16)17-3)10-5-4-6-11(7-10)18-12-8-15-9-12/h4-7,12,15H,8-9H2,1-3H3. The first-order valence-electron chi connectivity index (χ1n) is 6.10. The molecule has 4 nitrogen and oxygen atoms in total. The third-order valence-corrected chi connectivity index (χ3v) is 3.30. The molecule has 1 saturated heterocycles. The summed E-state index contributed by atoms with van der Waals surface area (Å²) in [6, 6.07) is 7.65. The number of methoxy groups -OCH3 is 1. The highest BCUT2D eigenvalue weighted by molar-refractivity contribution is 5.82. The Labute approximate surface area is 107 Å². The van der Waals surface area contributed by atoms with Crippen LogP contribution in [0.15, 0.2) is 24.3 Å². The van der Waals surface area contributed by atoms with Gasteiger partial charge in [0.25, 0.3) is 0 Å². The lowest BCUT2D eigenvalue weighted by atomic mass is 9.85. The average Bonchev–Trinajstić information content (AvgIpc) is 2.33. The molecule has 98 valence electrons. The van der Waals surface area contributed by atoms with Crippen molar-refractivity contribution in [3.05, 3.63) is 29.8 Å². The van der Waals surface area contributed by atoms with E-state index in [1.165, 1.54) is 7.11 Å². The zero-order valence-electron chi connectivity index (χ0n) is 11.0. The van der Waals surface area contributed by atoms with Crippen LogP contribution < -0.4 is 10.1 Å². The Balaban J connectivity index is 2.17. The lowest BCUT2D eigenvalue weighted by Gasteiger charge is -2.29. The minimum absolute atomic E-state index is 0.237. The molecule has 0 atom stereocenters. The van der Waals surface area contributed by atoms with Gasteiger partial charge in [-0.3, -0.25) is 4.79 Å². The molecule has 1 fully saturated rings. The fourth-order valence-corrected chi connectivity index (χ4v) is 1.87. The van der Waals surface area contributed by atoms with Crippen molar-refractivity contribution in [3.63, 3.8) is 0 Å². The van der Waals surface area contributed by atoms with Gasteiger partial charge in [-0.15, -0.1) is 0 Å². The van der Waals surface area contributed by atoms with Crippen molar-refractivity contribution in [1.82, 2.24) is 5.32 Å².